The molecule has 0 radical (unpaired) electrons. The van der Waals surface area contributed by atoms with Crippen molar-refractivity contribution < 1.29 is 14.6 Å². The maximum Gasteiger partial charge on any atom is 0.312 e. The molecule has 0 aromatic carbocycles. The van der Waals surface area contributed by atoms with Gasteiger partial charge in [0, 0.05) is 0 Å². The maximum atomic E-state index is 11.5. The molecule has 1 N–H and O–H groups in total. The molecule has 1 rings (SSSR count). The van der Waals surface area contributed by atoms with E-state index in [-0.39, 0.29) is 18.0 Å². The number of hydrogen-bond donors (Lipinski definition) is 1. The molecular weight excluding hydrogens is 252 g/mol. The van der Waals surface area contributed by atoms with Gasteiger partial charge in [0.25, 0.3) is 0 Å². The van der Waals surface area contributed by atoms with Crippen LogP contribution in [0.1, 0.15) is 71.1 Å². The molecule has 0 amide bonds. The average molecular weight is 282 g/mol. The molecule has 1 aliphatic rings. The van der Waals surface area contributed by atoms with Crippen LogP contribution in [0.5, 0.6) is 0 Å². The van der Waals surface area contributed by atoms with Crippen LogP contribution >= 0.6 is 0 Å². The van der Waals surface area contributed by atoms with E-state index in [0.29, 0.717) is 0 Å². The number of aliphatic hydroxyl groups is 1. The fraction of sp³-hybridized carbons (Fsp3) is 0.824. The Morgan fingerprint density at radius 1 is 1.10 bits per heavy atom. The number of carbonyl (C=O) groups excluding carboxylic acids is 1. The van der Waals surface area contributed by atoms with Gasteiger partial charge in [0.05, 0.1) is 5.92 Å². The van der Waals surface area contributed by atoms with E-state index in [1.807, 2.05) is 6.08 Å². The zero-order valence-corrected chi connectivity index (χ0v) is 12.9. The number of hydrogen-bond acceptors (Lipinski definition) is 3. The summed E-state index contributed by atoms with van der Waals surface area (Å²) in [7, 11) is 0. The van der Waals surface area contributed by atoms with E-state index < -0.39 is 6.10 Å². The van der Waals surface area contributed by atoms with Crippen molar-refractivity contribution >= 4 is 5.97 Å². The number of ether oxygens (including phenoxy) is 1. The second-order valence-corrected chi connectivity index (χ2v) is 5.93. The number of carbonyl (C=O) groups is 1. The Kier molecular flexibility index (Phi) is 8.59. The summed E-state index contributed by atoms with van der Waals surface area (Å²) in [5.74, 6) is -0.504. The van der Waals surface area contributed by atoms with Gasteiger partial charge in [-0.3, -0.25) is 4.79 Å². The van der Waals surface area contributed by atoms with Gasteiger partial charge >= 0.3 is 5.97 Å². The lowest BCUT2D eigenvalue weighted by atomic mass is 9.95. The summed E-state index contributed by atoms with van der Waals surface area (Å²) in [5, 5.41) is 9.82. The zero-order chi connectivity index (χ0) is 14.8. The van der Waals surface area contributed by atoms with Crippen LogP contribution < -0.4 is 0 Å². The molecule has 1 heterocycles. The minimum Gasteiger partial charge on any atom is -0.460 e. The normalized spacial score (nSPS) is 25.7. The van der Waals surface area contributed by atoms with E-state index in [0.717, 1.165) is 25.7 Å². The molecule has 0 saturated carbocycles. The first-order chi connectivity index (χ1) is 9.66. The van der Waals surface area contributed by atoms with Crippen LogP contribution in [0.2, 0.25) is 0 Å². The van der Waals surface area contributed by atoms with Crippen LogP contribution in [0.15, 0.2) is 12.7 Å². The number of unbranched alkanes of at least 4 members (excludes halogenated alkanes) is 8. The van der Waals surface area contributed by atoms with Gasteiger partial charge < -0.3 is 9.84 Å². The van der Waals surface area contributed by atoms with E-state index in [1.54, 1.807) is 6.92 Å². The lowest BCUT2D eigenvalue weighted by molar-refractivity contribution is -0.143. The number of esters is 1. The Morgan fingerprint density at radius 3 is 2.15 bits per heavy atom. The van der Waals surface area contributed by atoms with Gasteiger partial charge in [-0.1, -0.05) is 51.0 Å². The summed E-state index contributed by atoms with van der Waals surface area (Å²) in [4.78, 5) is 11.5. The summed E-state index contributed by atoms with van der Waals surface area (Å²) in [6.45, 7) is 5.48. The summed E-state index contributed by atoms with van der Waals surface area (Å²) in [6.07, 6.45) is 12.8. The van der Waals surface area contributed by atoms with Crippen molar-refractivity contribution in [3.8, 4) is 0 Å². The molecule has 0 aliphatic carbocycles. The lowest BCUT2D eigenvalue weighted by Gasteiger charge is -2.11. The van der Waals surface area contributed by atoms with Gasteiger partial charge in [-0.25, -0.2) is 0 Å². The SMILES string of the molecule is C=CCCCCCCCCCCC1C(=O)OC(C)C1O. The molecule has 1 saturated heterocycles. The molecule has 0 bridgehead atoms. The van der Waals surface area contributed by atoms with Crippen molar-refractivity contribution in [1.29, 1.82) is 0 Å². The zero-order valence-electron chi connectivity index (χ0n) is 12.9. The van der Waals surface area contributed by atoms with Gasteiger partial charge in [-0.15, -0.1) is 6.58 Å². The molecule has 1 aliphatic heterocycles. The molecule has 3 heteroatoms. The van der Waals surface area contributed by atoms with E-state index >= 15 is 0 Å². The van der Waals surface area contributed by atoms with Crippen LogP contribution in [0.4, 0.5) is 0 Å². The van der Waals surface area contributed by atoms with E-state index in [2.05, 4.69) is 6.58 Å². The largest absolute Gasteiger partial charge is 0.460 e. The summed E-state index contributed by atoms with van der Waals surface area (Å²) in [5.41, 5.74) is 0. The predicted molar refractivity (Wildman–Crippen MR) is 81.4 cm³/mol. The van der Waals surface area contributed by atoms with Crippen LogP contribution in [0.3, 0.4) is 0 Å². The predicted octanol–water partition coefficient (Wildman–Crippen LogP) is 4.00. The Morgan fingerprint density at radius 2 is 1.65 bits per heavy atom. The molecule has 1 fully saturated rings. The molecule has 0 aromatic heterocycles. The number of cyclic esters (lactones) is 1. The third kappa shape index (κ3) is 6.08. The van der Waals surface area contributed by atoms with E-state index in [1.165, 1.54) is 38.5 Å². The molecular formula is C17H30O3. The summed E-state index contributed by atoms with van der Waals surface area (Å²) >= 11 is 0. The van der Waals surface area contributed by atoms with Crippen molar-refractivity contribution in [2.45, 2.75) is 83.3 Å². The summed E-state index contributed by atoms with van der Waals surface area (Å²) in [6, 6.07) is 0. The number of aliphatic hydroxyl groups excluding tert-OH is 1. The van der Waals surface area contributed by atoms with Gasteiger partial charge in [0.2, 0.25) is 0 Å². The van der Waals surface area contributed by atoms with Crippen molar-refractivity contribution in [2.24, 2.45) is 5.92 Å². The molecule has 0 aromatic rings. The standard InChI is InChI=1S/C17H30O3/c1-3-4-5-6-7-8-9-10-11-12-13-15-16(18)14(2)20-17(15)19/h3,14-16,18H,1,4-13H2,2H3. The highest BCUT2D eigenvalue weighted by Gasteiger charge is 2.40. The Labute approximate surface area is 123 Å². The fourth-order valence-corrected chi connectivity index (χ4v) is 2.81. The van der Waals surface area contributed by atoms with Crippen LogP contribution in [-0.4, -0.2) is 23.3 Å². The van der Waals surface area contributed by atoms with Crippen LogP contribution in [0.25, 0.3) is 0 Å². The van der Waals surface area contributed by atoms with Gasteiger partial charge in [-0.05, 0) is 26.2 Å². The topological polar surface area (TPSA) is 46.5 Å². The maximum absolute atomic E-state index is 11.5. The average Bonchev–Trinajstić information content (AvgIpc) is 2.67. The highest BCUT2D eigenvalue weighted by atomic mass is 16.6. The van der Waals surface area contributed by atoms with Crippen LogP contribution in [0, 0.1) is 5.92 Å². The second kappa shape index (κ2) is 9.98. The Balaban J connectivity index is 1.92. The van der Waals surface area contributed by atoms with Gasteiger partial charge in [0.15, 0.2) is 0 Å². The smallest absolute Gasteiger partial charge is 0.312 e. The lowest BCUT2D eigenvalue weighted by Crippen LogP contribution is -2.24. The fourth-order valence-electron chi connectivity index (χ4n) is 2.81. The van der Waals surface area contributed by atoms with E-state index in [4.69, 9.17) is 4.74 Å². The van der Waals surface area contributed by atoms with E-state index in [9.17, 15) is 9.90 Å². The molecule has 3 atom stereocenters. The quantitative estimate of drug-likeness (QED) is 0.354. The Hall–Kier alpha value is -0.830. The monoisotopic (exact) mass is 282 g/mol. The third-order valence-electron chi connectivity index (χ3n) is 4.17. The van der Waals surface area contributed by atoms with Crippen molar-refractivity contribution in [2.75, 3.05) is 0 Å². The van der Waals surface area contributed by atoms with Gasteiger partial charge in [-0.2, -0.15) is 0 Å². The molecule has 20 heavy (non-hydrogen) atoms. The number of allylic oxidation sites excluding steroid dienone is 1. The first kappa shape index (κ1) is 17.2. The second-order valence-electron chi connectivity index (χ2n) is 5.93. The first-order valence-corrected chi connectivity index (χ1v) is 8.16. The Bertz CT molecular complexity index is 288. The van der Waals surface area contributed by atoms with Crippen LogP contribution in [-0.2, 0) is 9.53 Å². The highest BCUT2D eigenvalue weighted by molar-refractivity contribution is 5.75. The number of rotatable bonds is 11. The van der Waals surface area contributed by atoms with Crippen molar-refractivity contribution in [3.05, 3.63) is 12.7 Å². The third-order valence-corrected chi connectivity index (χ3v) is 4.17. The first-order valence-electron chi connectivity index (χ1n) is 8.16. The molecule has 3 unspecified atom stereocenters. The van der Waals surface area contributed by atoms with Gasteiger partial charge in [0.1, 0.15) is 12.2 Å². The van der Waals surface area contributed by atoms with Crippen molar-refractivity contribution in [1.82, 2.24) is 0 Å². The minimum atomic E-state index is -0.604. The molecule has 3 nitrogen and oxygen atoms in total. The van der Waals surface area contributed by atoms with Crippen molar-refractivity contribution in [3.63, 3.8) is 0 Å². The summed E-state index contributed by atoms with van der Waals surface area (Å²) < 4.78 is 5.03. The molecule has 116 valence electrons. The highest BCUT2D eigenvalue weighted by Crippen LogP contribution is 2.26. The minimum absolute atomic E-state index is 0.216. The molecule has 0 spiro atoms.